The molecule has 0 saturated carbocycles. The lowest BCUT2D eigenvalue weighted by molar-refractivity contribution is 0.807. The summed E-state index contributed by atoms with van der Waals surface area (Å²) in [5.41, 5.74) is 0. The van der Waals surface area contributed by atoms with Crippen molar-refractivity contribution >= 4 is 11.8 Å². The maximum absolute atomic E-state index is 3.09. The number of rotatable bonds is 5. The molecule has 0 atom stereocenters. The van der Waals surface area contributed by atoms with Crippen molar-refractivity contribution in [2.75, 3.05) is 25.6 Å². The van der Waals surface area contributed by atoms with Gasteiger partial charge >= 0.3 is 0 Å². The Balaban J connectivity index is 2.86. The first-order valence-corrected chi connectivity index (χ1v) is 4.59. The fourth-order valence-corrected chi connectivity index (χ4v) is 0.838. The SMILES string of the molecule is CNCC/C=C\CSC. The van der Waals surface area contributed by atoms with Crippen molar-refractivity contribution in [3.63, 3.8) is 0 Å². The maximum Gasteiger partial charge on any atom is 0.0110 e. The highest BCUT2D eigenvalue weighted by Crippen LogP contribution is 1.91. The fourth-order valence-electron chi connectivity index (χ4n) is 0.510. The second kappa shape index (κ2) is 8.05. The minimum atomic E-state index is 1.09. The van der Waals surface area contributed by atoms with Crippen molar-refractivity contribution in [2.24, 2.45) is 0 Å². The van der Waals surface area contributed by atoms with Crippen LogP contribution < -0.4 is 5.32 Å². The molecule has 0 aromatic heterocycles. The van der Waals surface area contributed by atoms with Crippen LogP contribution in [0.4, 0.5) is 0 Å². The van der Waals surface area contributed by atoms with Gasteiger partial charge in [-0.05, 0) is 26.3 Å². The molecule has 1 nitrogen and oxygen atoms in total. The van der Waals surface area contributed by atoms with Gasteiger partial charge in [0.1, 0.15) is 0 Å². The number of thioether (sulfide) groups is 1. The summed E-state index contributed by atoms with van der Waals surface area (Å²) in [5, 5.41) is 3.09. The number of hydrogen-bond acceptors (Lipinski definition) is 2. The third-order valence-corrected chi connectivity index (χ3v) is 1.52. The van der Waals surface area contributed by atoms with Gasteiger partial charge in [-0.15, -0.1) is 0 Å². The molecule has 54 valence electrons. The van der Waals surface area contributed by atoms with E-state index >= 15 is 0 Å². The topological polar surface area (TPSA) is 12.0 Å². The largest absolute Gasteiger partial charge is 0.319 e. The Bertz CT molecular complexity index is 71.3. The van der Waals surface area contributed by atoms with Gasteiger partial charge < -0.3 is 5.32 Å². The van der Waals surface area contributed by atoms with Crippen molar-refractivity contribution in [2.45, 2.75) is 6.42 Å². The van der Waals surface area contributed by atoms with E-state index < -0.39 is 0 Å². The smallest absolute Gasteiger partial charge is 0.0110 e. The van der Waals surface area contributed by atoms with Crippen LogP contribution in [-0.4, -0.2) is 25.6 Å². The lowest BCUT2D eigenvalue weighted by Gasteiger charge is -1.89. The second-order valence-electron chi connectivity index (χ2n) is 1.82. The molecule has 0 amide bonds. The summed E-state index contributed by atoms with van der Waals surface area (Å²) in [6.45, 7) is 1.09. The Hall–Kier alpha value is 0.0500. The van der Waals surface area contributed by atoms with Crippen LogP contribution in [0.1, 0.15) is 6.42 Å². The van der Waals surface area contributed by atoms with Gasteiger partial charge in [-0.25, -0.2) is 0 Å². The number of nitrogens with one attached hydrogen (secondary N) is 1. The first-order valence-electron chi connectivity index (χ1n) is 3.20. The molecule has 0 unspecified atom stereocenters. The number of hydrogen-bond donors (Lipinski definition) is 1. The molecule has 2 heteroatoms. The van der Waals surface area contributed by atoms with Gasteiger partial charge in [0.15, 0.2) is 0 Å². The van der Waals surface area contributed by atoms with E-state index in [0.29, 0.717) is 0 Å². The van der Waals surface area contributed by atoms with Crippen LogP contribution >= 0.6 is 11.8 Å². The summed E-state index contributed by atoms with van der Waals surface area (Å²) in [6, 6.07) is 0. The van der Waals surface area contributed by atoms with Crippen LogP contribution in [0.5, 0.6) is 0 Å². The van der Waals surface area contributed by atoms with Crippen LogP contribution in [0.25, 0.3) is 0 Å². The lowest BCUT2D eigenvalue weighted by atomic mass is 10.4. The summed E-state index contributed by atoms with van der Waals surface area (Å²) in [7, 11) is 1.97. The molecule has 0 bridgehead atoms. The van der Waals surface area contributed by atoms with E-state index in [4.69, 9.17) is 0 Å². The first kappa shape index (κ1) is 9.05. The van der Waals surface area contributed by atoms with E-state index in [9.17, 15) is 0 Å². The average Bonchev–Trinajstić information content (AvgIpc) is 1.89. The Morgan fingerprint density at radius 3 is 2.78 bits per heavy atom. The highest BCUT2D eigenvalue weighted by molar-refractivity contribution is 7.98. The predicted octanol–water partition coefficient (Wildman–Crippen LogP) is 1.52. The molecule has 0 aromatic rings. The lowest BCUT2D eigenvalue weighted by Crippen LogP contribution is -2.05. The van der Waals surface area contributed by atoms with E-state index in [2.05, 4.69) is 23.7 Å². The minimum absolute atomic E-state index is 1.09. The van der Waals surface area contributed by atoms with Crippen molar-refractivity contribution in [1.82, 2.24) is 5.32 Å². The van der Waals surface area contributed by atoms with Crippen LogP contribution in [-0.2, 0) is 0 Å². The van der Waals surface area contributed by atoms with Gasteiger partial charge in [-0.1, -0.05) is 12.2 Å². The molecule has 0 rings (SSSR count). The van der Waals surface area contributed by atoms with Gasteiger partial charge in [-0.3, -0.25) is 0 Å². The third kappa shape index (κ3) is 8.05. The third-order valence-electron chi connectivity index (χ3n) is 0.991. The van der Waals surface area contributed by atoms with Gasteiger partial charge in [-0.2, -0.15) is 11.8 Å². The second-order valence-corrected chi connectivity index (χ2v) is 2.73. The van der Waals surface area contributed by atoms with E-state index in [0.717, 1.165) is 18.7 Å². The van der Waals surface area contributed by atoms with Crippen molar-refractivity contribution < 1.29 is 0 Å². The van der Waals surface area contributed by atoms with Crippen LogP contribution in [0.15, 0.2) is 12.2 Å². The Morgan fingerprint density at radius 2 is 2.22 bits per heavy atom. The Labute approximate surface area is 61.9 Å². The molecule has 0 saturated heterocycles. The molecular weight excluding hydrogens is 130 g/mol. The summed E-state index contributed by atoms with van der Waals surface area (Å²) < 4.78 is 0. The highest BCUT2D eigenvalue weighted by atomic mass is 32.2. The molecular formula is C7H15NS. The summed E-state index contributed by atoms with van der Waals surface area (Å²) in [5.74, 6) is 1.14. The molecule has 0 radical (unpaired) electrons. The van der Waals surface area contributed by atoms with Gasteiger partial charge in [0, 0.05) is 5.75 Å². The summed E-state index contributed by atoms with van der Waals surface area (Å²) in [6.07, 6.45) is 7.69. The molecule has 9 heavy (non-hydrogen) atoms. The minimum Gasteiger partial charge on any atom is -0.319 e. The summed E-state index contributed by atoms with van der Waals surface area (Å²) >= 11 is 1.85. The van der Waals surface area contributed by atoms with Gasteiger partial charge in [0.25, 0.3) is 0 Å². The molecule has 0 aliphatic carbocycles. The Kier molecular flexibility index (Phi) is 8.09. The van der Waals surface area contributed by atoms with Crippen molar-refractivity contribution in [3.8, 4) is 0 Å². The first-order chi connectivity index (χ1) is 4.41. The molecule has 0 aliphatic heterocycles. The van der Waals surface area contributed by atoms with E-state index in [1.54, 1.807) is 0 Å². The van der Waals surface area contributed by atoms with Crippen molar-refractivity contribution in [3.05, 3.63) is 12.2 Å². The zero-order valence-electron chi connectivity index (χ0n) is 6.18. The fraction of sp³-hybridized carbons (Fsp3) is 0.714. The standard InChI is InChI=1S/C7H15NS/c1-8-6-4-3-5-7-9-2/h3,5,8H,4,6-7H2,1-2H3/b5-3-. The van der Waals surface area contributed by atoms with Crippen LogP contribution in [0, 0.1) is 0 Å². The van der Waals surface area contributed by atoms with Gasteiger partial charge in [0.05, 0.1) is 0 Å². The molecule has 0 aliphatic rings. The monoisotopic (exact) mass is 145 g/mol. The van der Waals surface area contributed by atoms with E-state index in [1.165, 1.54) is 0 Å². The normalized spacial score (nSPS) is 10.9. The molecule has 0 heterocycles. The zero-order chi connectivity index (χ0) is 6.95. The molecule has 0 aromatic carbocycles. The van der Waals surface area contributed by atoms with E-state index in [-0.39, 0.29) is 0 Å². The van der Waals surface area contributed by atoms with Crippen molar-refractivity contribution in [1.29, 1.82) is 0 Å². The Morgan fingerprint density at radius 1 is 1.44 bits per heavy atom. The van der Waals surface area contributed by atoms with Crippen LogP contribution in [0.2, 0.25) is 0 Å². The van der Waals surface area contributed by atoms with Crippen LogP contribution in [0.3, 0.4) is 0 Å². The maximum atomic E-state index is 3.09. The average molecular weight is 145 g/mol. The highest BCUT2D eigenvalue weighted by Gasteiger charge is 1.75. The quantitative estimate of drug-likeness (QED) is 0.465. The summed E-state index contributed by atoms with van der Waals surface area (Å²) in [4.78, 5) is 0. The molecule has 0 fully saturated rings. The zero-order valence-corrected chi connectivity index (χ0v) is 7.00. The predicted molar refractivity (Wildman–Crippen MR) is 46.1 cm³/mol. The van der Waals surface area contributed by atoms with E-state index in [1.807, 2.05) is 18.8 Å². The van der Waals surface area contributed by atoms with Gasteiger partial charge in [0.2, 0.25) is 0 Å². The molecule has 1 N–H and O–H groups in total. The molecule has 0 spiro atoms.